The molecule has 0 radical (unpaired) electrons. The molecule has 3 aromatic rings. The Kier molecular flexibility index (Phi) is 7.27. The lowest BCUT2D eigenvalue weighted by atomic mass is 10.2. The Morgan fingerprint density at radius 1 is 0.867 bits per heavy atom. The highest BCUT2D eigenvalue weighted by molar-refractivity contribution is 7.56. The van der Waals surface area contributed by atoms with Gasteiger partial charge in [0.25, 0.3) is 0 Å². The monoisotopic (exact) mass is 465 g/mol. The number of ether oxygens (including phenoxy) is 1. The molecule has 3 rings (SSSR count). The van der Waals surface area contributed by atoms with Gasteiger partial charge in [0, 0.05) is 5.69 Å². The van der Waals surface area contributed by atoms with Gasteiger partial charge in [-0.05, 0) is 55.5 Å². The van der Waals surface area contributed by atoms with Crippen molar-refractivity contribution in [2.24, 2.45) is 0 Å². The minimum atomic E-state index is -4.03. The molecule has 30 heavy (non-hydrogen) atoms. The summed E-state index contributed by atoms with van der Waals surface area (Å²) >= 11 is 12.3. The highest BCUT2D eigenvalue weighted by atomic mass is 35.5. The van der Waals surface area contributed by atoms with Crippen molar-refractivity contribution in [1.29, 1.82) is 0 Å². The highest BCUT2D eigenvalue weighted by Gasteiger charge is 2.31. The van der Waals surface area contributed by atoms with Crippen molar-refractivity contribution >= 4 is 42.6 Å². The fourth-order valence-electron chi connectivity index (χ4n) is 2.41. The molecule has 0 spiro atoms. The van der Waals surface area contributed by atoms with Crippen molar-refractivity contribution in [3.05, 3.63) is 88.4 Å². The van der Waals surface area contributed by atoms with Gasteiger partial charge in [0.15, 0.2) is 11.5 Å². The molecule has 0 unspecified atom stereocenters. The first-order valence-electron chi connectivity index (χ1n) is 8.94. The fraction of sp³-hybridized carbons (Fsp3) is 0.0952. The Balaban J connectivity index is 1.89. The van der Waals surface area contributed by atoms with Gasteiger partial charge >= 0.3 is 13.7 Å². The lowest BCUT2D eigenvalue weighted by molar-refractivity contribution is 0.0526. The lowest BCUT2D eigenvalue weighted by Crippen LogP contribution is -2.11. The van der Waals surface area contributed by atoms with Gasteiger partial charge in [0.2, 0.25) is 0 Å². The number of para-hydroxylation sites is 2. The number of benzene rings is 3. The lowest BCUT2D eigenvalue weighted by Gasteiger charge is -2.22. The minimum absolute atomic E-state index is 0.171. The minimum Gasteiger partial charge on any atom is -0.462 e. The van der Waals surface area contributed by atoms with Crippen molar-refractivity contribution in [3.63, 3.8) is 0 Å². The van der Waals surface area contributed by atoms with Crippen molar-refractivity contribution in [3.8, 4) is 11.5 Å². The molecule has 0 saturated carbocycles. The van der Waals surface area contributed by atoms with E-state index in [1.54, 1.807) is 67.6 Å². The van der Waals surface area contributed by atoms with Crippen LogP contribution in [0.3, 0.4) is 0 Å². The van der Waals surface area contributed by atoms with Gasteiger partial charge in [-0.25, -0.2) is 9.36 Å². The van der Waals surface area contributed by atoms with Crippen LogP contribution in [0.25, 0.3) is 0 Å². The summed E-state index contributed by atoms with van der Waals surface area (Å²) in [5, 5.41) is 3.27. The summed E-state index contributed by atoms with van der Waals surface area (Å²) in [5.74, 6) is -0.109. The third-order valence-electron chi connectivity index (χ3n) is 3.77. The molecule has 0 saturated heterocycles. The van der Waals surface area contributed by atoms with E-state index >= 15 is 0 Å². The predicted molar refractivity (Wildman–Crippen MR) is 118 cm³/mol. The molecule has 0 heterocycles. The van der Waals surface area contributed by atoms with E-state index in [1.807, 2.05) is 0 Å². The molecule has 0 fully saturated rings. The number of carbonyl (C=O) groups excluding carboxylic acids is 1. The molecule has 0 aliphatic heterocycles. The molecule has 6 nitrogen and oxygen atoms in total. The maximum absolute atomic E-state index is 13.6. The number of hydrogen-bond acceptors (Lipinski definition) is 5. The summed E-state index contributed by atoms with van der Waals surface area (Å²) < 4.78 is 29.8. The first-order valence-corrected chi connectivity index (χ1v) is 11.2. The molecule has 9 heteroatoms. The van der Waals surface area contributed by atoms with Crippen LogP contribution in [0.1, 0.15) is 17.3 Å². The van der Waals surface area contributed by atoms with Crippen molar-refractivity contribution in [2.75, 3.05) is 11.7 Å². The van der Waals surface area contributed by atoms with Gasteiger partial charge < -0.3 is 13.8 Å². The second kappa shape index (κ2) is 9.90. The molecule has 0 atom stereocenters. The number of esters is 1. The van der Waals surface area contributed by atoms with Gasteiger partial charge in [0.05, 0.1) is 22.2 Å². The average Bonchev–Trinajstić information content (AvgIpc) is 2.72. The molecular formula is C21H18Cl2NO5P. The molecule has 1 N–H and O–H groups in total. The van der Waals surface area contributed by atoms with Gasteiger partial charge in [-0.3, -0.25) is 5.09 Å². The zero-order chi connectivity index (χ0) is 21.6. The van der Waals surface area contributed by atoms with Gasteiger partial charge in [-0.15, -0.1) is 0 Å². The first-order chi connectivity index (χ1) is 14.4. The fourth-order valence-corrected chi connectivity index (χ4v) is 4.30. The predicted octanol–water partition coefficient (Wildman–Crippen LogP) is 6.85. The summed E-state index contributed by atoms with van der Waals surface area (Å²) in [6, 6.07) is 19.3. The number of hydrogen-bond donors (Lipinski definition) is 1. The normalized spacial score (nSPS) is 10.9. The van der Waals surface area contributed by atoms with E-state index < -0.39 is 13.7 Å². The summed E-state index contributed by atoms with van der Waals surface area (Å²) in [6.45, 7) is 1.99. The molecule has 0 aromatic heterocycles. The zero-order valence-electron chi connectivity index (χ0n) is 15.9. The highest BCUT2D eigenvalue weighted by Crippen LogP contribution is 2.50. The van der Waals surface area contributed by atoms with Gasteiger partial charge in [-0.2, -0.15) is 0 Å². The molecule has 0 amide bonds. The van der Waals surface area contributed by atoms with E-state index in [-0.39, 0.29) is 28.2 Å². The average molecular weight is 466 g/mol. The summed E-state index contributed by atoms with van der Waals surface area (Å²) in [5.41, 5.74) is 0.752. The third kappa shape index (κ3) is 5.70. The summed E-state index contributed by atoms with van der Waals surface area (Å²) in [6.07, 6.45) is 0. The first kappa shape index (κ1) is 22.0. The van der Waals surface area contributed by atoms with Crippen LogP contribution in [0, 0.1) is 0 Å². The van der Waals surface area contributed by atoms with E-state index in [2.05, 4.69) is 5.09 Å². The largest absolute Gasteiger partial charge is 0.541 e. The number of carbonyl (C=O) groups is 1. The maximum atomic E-state index is 13.6. The van der Waals surface area contributed by atoms with Gasteiger partial charge in [-0.1, -0.05) is 47.5 Å². The molecule has 156 valence electrons. The Labute approximate surface area is 184 Å². The number of halogens is 2. The van der Waals surface area contributed by atoms with Gasteiger partial charge in [0.1, 0.15) is 0 Å². The topological polar surface area (TPSA) is 73.9 Å². The molecular weight excluding hydrogens is 448 g/mol. The van der Waals surface area contributed by atoms with Crippen molar-refractivity contribution < 1.29 is 23.1 Å². The smallest absolute Gasteiger partial charge is 0.462 e. The van der Waals surface area contributed by atoms with Crippen molar-refractivity contribution in [2.45, 2.75) is 6.92 Å². The zero-order valence-corrected chi connectivity index (χ0v) is 18.3. The van der Waals surface area contributed by atoms with Crippen LogP contribution in [-0.4, -0.2) is 12.6 Å². The van der Waals surface area contributed by atoms with Crippen LogP contribution in [0.15, 0.2) is 72.8 Å². The van der Waals surface area contributed by atoms with E-state index in [9.17, 15) is 9.36 Å². The molecule has 3 aromatic carbocycles. The van der Waals surface area contributed by atoms with Crippen LogP contribution in [0.2, 0.25) is 10.0 Å². The standard InChI is InChI=1S/C21H18Cl2NO5P/c1-2-27-21(25)15-11-13-16(14-12-15)24-30(26,28-19-9-5-3-7-17(19)22)29-20-10-6-4-8-18(20)23/h3-14H,2H2,1H3,(H,24,26). The maximum Gasteiger partial charge on any atom is 0.541 e. The SMILES string of the molecule is CCOC(=O)c1ccc(NP(=O)(Oc2ccccc2Cl)Oc2ccccc2Cl)cc1. The van der Waals surface area contributed by atoms with E-state index in [0.29, 0.717) is 11.3 Å². The van der Waals surface area contributed by atoms with E-state index in [4.69, 9.17) is 37.0 Å². The molecule has 0 aliphatic rings. The Morgan fingerprint density at radius 2 is 1.37 bits per heavy atom. The van der Waals surface area contributed by atoms with Crippen LogP contribution in [0.5, 0.6) is 11.5 Å². The second-order valence-corrected chi connectivity index (χ2v) is 8.35. The Morgan fingerprint density at radius 3 is 1.83 bits per heavy atom. The molecule has 0 aliphatic carbocycles. The number of nitrogens with one attached hydrogen (secondary N) is 1. The number of anilines is 1. The van der Waals surface area contributed by atoms with Crippen LogP contribution in [-0.2, 0) is 9.30 Å². The summed E-state index contributed by atoms with van der Waals surface area (Å²) in [7, 11) is -4.03. The number of rotatable bonds is 8. The quantitative estimate of drug-likeness (QED) is 0.289. The van der Waals surface area contributed by atoms with Crippen LogP contribution < -0.4 is 14.1 Å². The third-order valence-corrected chi connectivity index (χ3v) is 5.80. The van der Waals surface area contributed by atoms with Crippen LogP contribution >= 0.6 is 30.9 Å². The second-order valence-electron chi connectivity index (χ2n) is 5.95. The van der Waals surface area contributed by atoms with Crippen LogP contribution in [0.4, 0.5) is 5.69 Å². The Hall–Kier alpha value is -2.66. The van der Waals surface area contributed by atoms with E-state index in [1.165, 1.54) is 12.1 Å². The van der Waals surface area contributed by atoms with Crippen molar-refractivity contribution in [1.82, 2.24) is 0 Å². The summed E-state index contributed by atoms with van der Waals surface area (Å²) in [4.78, 5) is 11.8. The van der Waals surface area contributed by atoms with E-state index in [0.717, 1.165) is 0 Å². The molecule has 0 bridgehead atoms. The Bertz CT molecular complexity index is 1020.